The van der Waals surface area contributed by atoms with Gasteiger partial charge in [0.1, 0.15) is 5.75 Å². The van der Waals surface area contributed by atoms with E-state index < -0.39 is 12.2 Å². The number of benzene rings is 1. The van der Waals surface area contributed by atoms with Crippen LogP contribution in [0.5, 0.6) is 5.75 Å². The molecule has 0 bridgehead atoms. The van der Waals surface area contributed by atoms with Gasteiger partial charge in [0.25, 0.3) is 0 Å². The van der Waals surface area contributed by atoms with E-state index in [1.807, 2.05) is 6.92 Å². The van der Waals surface area contributed by atoms with Crippen LogP contribution < -0.4 is 10.1 Å². The Labute approximate surface area is 117 Å². The number of hydrogen-bond acceptors (Lipinski definition) is 4. The maximum atomic E-state index is 12.5. The third-order valence-electron chi connectivity index (χ3n) is 3.81. The molecule has 0 radical (unpaired) electrons. The van der Waals surface area contributed by atoms with Crippen LogP contribution in [0, 0.1) is 0 Å². The van der Waals surface area contributed by atoms with E-state index >= 15 is 0 Å². The maximum absolute atomic E-state index is 12.5. The van der Waals surface area contributed by atoms with E-state index in [-0.39, 0.29) is 12.4 Å². The number of ether oxygens (including phenoxy) is 1. The van der Waals surface area contributed by atoms with Crippen LogP contribution in [0.15, 0.2) is 24.3 Å². The first-order valence-electron chi connectivity index (χ1n) is 6.69. The van der Waals surface area contributed by atoms with Gasteiger partial charge in [-0.3, -0.25) is 4.90 Å². The number of hydrogen-bond donors (Lipinski definition) is 2. The zero-order valence-corrected chi connectivity index (χ0v) is 11.5. The molecule has 1 fully saturated rings. The lowest BCUT2D eigenvalue weighted by Gasteiger charge is -2.43. The number of aliphatic hydroxyl groups is 1. The molecule has 2 N–H and O–H groups in total. The summed E-state index contributed by atoms with van der Waals surface area (Å²) in [5.41, 5.74) is -0.141. The first kappa shape index (κ1) is 15.2. The SMILES string of the molecule is CC(CO)(c1ccccc1OC(F)F)N1CCNCC1. The van der Waals surface area contributed by atoms with Crippen LogP contribution in [0.2, 0.25) is 0 Å². The molecule has 2 rings (SSSR count). The zero-order chi connectivity index (χ0) is 14.6. The Morgan fingerprint density at radius 2 is 2.00 bits per heavy atom. The highest BCUT2D eigenvalue weighted by Crippen LogP contribution is 2.35. The Hall–Kier alpha value is -1.24. The number of para-hydroxylation sites is 1. The van der Waals surface area contributed by atoms with E-state index in [4.69, 9.17) is 0 Å². The molecule has 1 aliphatic heterocycles. The normalized spacial score (nSPS) is 19.9. The number of nitrogens with zero attached hydrogens (tertiary/aromatic N) is 1. The van der Waals surface area contributed by atoms with Gasteiger partial charge in [-0.25, -0.2) is 0 Å². The molecule has 0 saturated carbocycles. The molecular formula is C14H20F2N2O2. The number of alkyl halides is 2. The summed E-state index contributed by atoms with van der Waals surface area (Å²) in [5.74, 6) is 0.123. The molecular weight excluding hydrogens is 266 g/mol. The Kier molecular flexibility index (Phi) is 4.91. The summed E-state index contributed by atoms with van der Waals surface area (Å²) < 4.78 is 29.7. The van der Waals surface area contributed by atoms with Crippen molar-refractivity contribution in [1.82, 2.24) is 10.2 Å². The Balaban J connectivity index is 2.34. The molecule has 1 aromatic rings. The highest BCUT2D eigenvalue weighted by Gasteiger charge is 2.36. The van der Waals surface area contributed by atoms with E-state index in [0.29, 0.717) is 5.56 Å². The highest BCUT2D eigenvalue weighted by molar-refractivity contribution is 5.39. The van der Waals surface area contributed by atoms with Crippen LogP contribution in [0.25, 0.3) is 0 Å². The lowest BCUT2D eigenvalue weighted by molar-refractivity contribution is -0.0538. The van der Waals surface area contributed by atoms with Gasteiger partial charge in [0.05, 0.1) is 12.1 Å². The number of aliphatic hydroxyl groups excluding tert-OH is 1. The minimum atomic E-state index is -2.87. The molecule has 1 unspecified atom stereocenters. The number of halogens is 2. The van der Waals surface area contributed by atoms with Crippen molar-refractivity contribution in [3.8, 4) is 5.75 Å². The molecule has 112 valence electrons. The zero-order valence-electron chi connectivity index (χ0n) is 11.5. The van der Waals surface area contributed by atoms with Crippen LogP contribution >= 0.6 is 0 Å². The van der Waals surface area contributed by atoms with Crippen molar-refractivity contribution in [2.75, 3.05) is 32.8 Å². The van der Waals surface area contributed by atoms with Gasteiger partial charge in [-0.1, -0.05) is 18.2 Å². The van der Waals surface area contributed by atoms with Crippen molar-refractivity contribution in [1.29, 1.82) is 0 Å². The van der Waals surface area contributed by atoms with Gasteiger partial charge >= 0.3 is 6.61 Å². The first-order chi connectivity index (χ1) is 9.58. The Bertz CT molecular complexity index is 439. The van der Waals surface area contributed by atoms with Crippen LogP contribution in [0.1, 0.15) is 12.5 Å². The van der Waals surface area contributed by atoms with Crippen LogP contribution in [0.3, 0.4) is 0 Å². The smallest absolute Gasteiger partial charge is 0.387 e. The molecule has 1 atom stereocenters. The molecule has 0 aliphatic carbocycles. The minimum Gasteiger partial charge on any atom is -0.434 e. The van der Waals surface area contributed by atoms with E-state index in [0.717, 1.165) is 26.2 Å². The molecule has 6 heteroatoms. The second kappa shape index (κ2) is 6.47. The monoisotopic (exact) mass is 286 g/mol. The van der Waals surface area contributed by atoms with Crippen LogP contribution in [0.4, 0.5) is 8.78 Å². The van der Waals surface area contributed by atoms with Gasteiger partial charge in [-0.05, 0) is 13.0 Å². The summed E-state index contributed by atoms with van der Waals surface area (Å²) in [6.45, 7) is 1.95. The summed E-state index contributed by atoms with van der Waals surface area (Å²) in [4.78, 5) is 2.09. The minimum absolute atomic E-state index is 0.123. The second-order valence-electron chi connectivity index (χ2n) is 5.04. The van der Waals surface area contributed by atoms with E-state index in [1.54, 1.807) is 18.2 Å². The van der Waals surface area contributed by atoms with Crippen molar-refractivity contribution in [2.24, 2.45) is 0 Å². The first-order valence-corrected chi connectivity index (χ1v) is 6.69. The topological polar surface area (TPSA) is 44.7 Å². The van der Waals surface area contributed by atoms with Crippen molar-refractivity contribution in [3.63, 3.8) is 0 Å². The van der Waals surface area contributed by atoms with Gasteiger partial charge in [0, 0.05) is 31.7 Å². The van der Waals surface area contributed by atoms with E-state index in [2.05, 4.69) is 15.0 Å². The number of rotatable bonds is 5. The second-order valence-corrected chi connectivity index (χ2v) is 5.04. The number of nitrogens with one attached hydrogen (secondary N) is 1. The molecule has 0 spiro atoms. The van der Waals surface area contributed by atoms with Crippen molar-refractivity contribution in [2.45, 2.75) is 19.1 Å². The predicted octanol–water partition coefficient (Wildman–Crippen LogP) is 1.40. The van der Waals surface area contributed by atoms with Crippen LogP contribution in [-0.2, 0) is 5.54 Å². The fraction of sp³-hybridized carbons (Fsp3) is 0.571. The van der Waals surface area contributed by atoms with Crippen molar-refractivity contribution < 1.29 is 18.6 Å². The van der Waals surface area contributed by atoms with Crippen LogP contribution in [-0.4, -0.2) is 49.4 Å². The van der Waals surface area contributed by atoms with Crippen molar-refractivity contribution in [3.05, 3.63) is 29.8 Å². The molecule has 1 saturated heterocycles. The average molecular weight is 286 g/mol. The molecule has 4 nitrogen and oxygen atoms in total. The molecule has 1 aromatic carbocycles. The molecule has 1 heterocycles. The lowest BCUT2D eigenvalue weighted by Crippen LogP contribution is -2.54. The summed E-state index contributed by atoms with van der Waals surface area (Å²) in [6, 6.07) is 6.66. The fourth-order valence-electron chi connectivity index (χ4n) is 2.62. The quantitative estimate of drug-likeness (QED) is 0.859. The molecule has 0 amide bonds. The summed E-state index contributed by atoms with van der Waals surface area (Å²) >= 11 is 0. The largest absolute Gasteiger partial charge is 0.434 e. The third-order valence-corrected chi connectivity index (χ3v) is 3.81. The lowest BCUT2D eigenvalue weighted by atomic mass is 9.89. The van der Waals surface area contributed by atoms with Gasteiger partial charge < -0.3 is 15.2 Å². The molecule has 20 heavy (non-hydrogen) atoms. The van der Waals surface area contributed by atoms with Gasteiger partial charge in [-0.15, -0.1) is 0 Å². The fourth-order valence-corrected chi connectivity index (χ4v) is 2.62. The van der Waals surface area contributed by atoms with E-state index in [1.165, 1.54) is 6.07 Å². The van der Waals surface area contributed by atoms with Gasteiger partial charge in [0.15, 0.2) is 0 Å². The third kappa shape index (κ3) is 3.08. The predicted molar refractivity (Wildman–Crippen MR) is 72.0 cm³/mol. The average Bonchev–Trinajstić information content (AvgIpc) is 2.47. The maximum Gasteiger partial charge on any atom is 0.387 e. The molecule has 0 aromatic heterocycles. The van der Waals surface area contributed by atoms with Crippen molar-refractivity contribution >= 4 is 0 Å². The Morgan fingerprint density at radius 3 is 2.60 bits per heavy atom. The van der Waals surface area contributed by atoms with Gasteiger partial charge in [-0.2, -0.15) is 8.78 Å². The molecule has 1 aliphatic rings. The summed E-state index contributed by atoms with van der Waals surface area (Å²) in [5, 5.41) is 13.1. The standard InChI is InChI=1S/C14H20F2N2O2/c1-14(10-19,18-8-6-17-7-9-18)11-4-2-3-5-12(11)20-13(15)16/h2-5,13,17,19H,6-10H2,1H3. The van der Waals surface area contributed by atoms with Gasteiger partial charge in [0.2, 0.25) is 0 Å². The summed E-state index contributed by atoms with van der Waals surface area (Å²) in [6.07, 6.45) is 0. The van der Waals surface area contributed by atoms with E-state index in [9.17, 15) is 13.9 Å². The highest BCUT2D eigenvalue weighted by atomic mass is 19.3. The number of piperazine rings is 1. The Morgan fingerprint density at radius 1 is 1.35 bits per heavy atom. The summed E-state index contributed by atoms with van der Waals surface area (Å²) in [7, 11) is 0.